The fraction of sp³-hybridized carbons (Fsp3) is 0.667. The molecule has 1 atom stereocenters. The molecule has 1 aromatic heterocycles. The molecule has 0 spiro atoms. The van der Waals surface area contributed by atoms with Crippen molar-refractivity contribution >= 4 is 11.3 Å². The van der Waals surface area contributed by atoms with Crippen molar-refractivity contribution in [2.45, 2.75) is 31.6 Å². The first kappa shape index (κ1) is 12.0. The van der Waals surface area contributed by atoms with Gasteiger partial charge in [-0.2, -0.15) is 0 Å². The van der Waals surface area contributed by atoms with Crippen LogP contribution in [0.1, 0.15) is 29.3 Å². The fourth-order valence-corrected chi connectivity index (χ4v) is 3.19. The molecule has 4 heteroatoms. The van der Waals surface area contributed by atoms with E-state index in [1.54, 1.807) is 14.2 Å². The summed E-state index contributed by atoms with van der Waals surface area (Å²) in [6, 6.07) is 2.72. The summed E-state index contributed by atoms with van der Waals surface area (Å²) in [5.74, 6) is 0. The van der Waals surface area contributed by atoms with Gasteiger partial charge in [0.05, 0.1) is 0 Å². The van der Waals surface area contributed by atoms with Gasteiger partial charge in [-0.3, -0.25) is 0 Å². The SMILES string of the molecule is COC(CNC1CCCc2sccc21)OC. The van der Waals surface area contributed by atoms with E-state index in [1.165, 1.54) is 29.7 Å². The second-order valence-electron chi connectivity index (χ2n) is 4.05. The smallest absolute Gasteiger partial charge is 0.169 e. The standard InChI is InChI=1S/C12H19NO2S/c1-14-12(15-2)8-13-10-4-3-5-11-9(10)6-7-16-11/h6-7,10,12-13H,3-5,8H2,1-2H3. The molecule has 16 heavy (non-hydrogen) atoms. The minimum atomic E-state index is -0.149. The lowest BCUT2D eigenvalue weighted by molar-refractivity contribution is -0.100. The molecule has 0 amide bonds. The van der Waals surface area contributed by atoms with Crippen LogP contribution in [0.3, 0.4) is 0 Å². The Morgan fingerprint density at radius 3 is 3.06 bits per heavy atom. The normalized spacial score (nSPS) is 20.1. The summed E-state index contributed by atoms with van der Waals surface area (Å²) in [4.78, 5) is 1.54. The highest BCUT2D eigenvalue weighted by Gasteiger charge is 2.21. The largest absolute Gasteiger partial charge is 0.355 e. The molecule has 0 fully saturated rings. The van der Waals surface area contributed by atoms with Gasteiger partial charge in [0.25, 0.3) is 0 Å². The molecular formula is C12H19NO2S. The lowest BCUT2D eigenvalue weighted by atomic mass is 9.94. The highest BCUT2D eigenvalue weighted by atomic mass is 32.1. The van der Waals surface area contributed by atoms with Crippen molar-refractivity contribution in [3.05, 3.63) is 21.9 Å². The fourth-order valence-electron chi connectivity index (χ4n) is 2.20. The Hall–Kier alpha value is -0.420. The van der Waals surface area contributed by atoms with Crippen LogP contribution < -0.4 is 5.32 Å². The number of hydrogen-bond donors (Lipinski definition) is 1. The van der Waals surface area contributed by atoms with Crippen LogP contribution in [-0.2, 0) is 15.9 Å². The van der Waals surface area contributed by atoms with E-state index in [1.807, 2.05) is 11.3 Å². The number of rotatable bonds is 5. The van der Waals surface area contributed by atoms with Gasteiger partial charge in [0.15, 0.2) is 6.29 Å². The topological polar surface area (TPSA) is 30.5 Å². The lowest BCUT2D eigenvalue weighted by Crippen LogP contribution is -2.33. The quantitative estimate of drug-likeness (QED) is 0.803. The zero-order valence-corrected chi connectivity index (χ0v) is 10.7. The maximum Gasteiger partial charge on any atom is 0.169 e. The number of ether oxygens (including phenoxy) is 2. The Balaban J connectivity index is 1.92. The molecule has 0 aromatic carbocycles. The van der Waals surface area contributed by atoms with E-state index in [4.69, 9.17) is 9.47 Å². The minimum absolute atomic E-state index is 0.149. The van der Waals surface area contributed by atoms with Crippen LogP contribution >= 0.6 is 11.3 Å². The molecule has 0 radical (unpaired) electrons. The van der Waals surface area contributed by atoms with Crippen LogP contribution in [-0.4, -0.2) is 27.1 Å². The molecule has 0 aliphatic heterocycles. The van der Waals surface area contributed by atoms with Crippen LogP contribution in [0.15, 0.2) is 11.4 Å². The lowest BCUT2D eigenvalue weighted by Gasteiger charge is -2.25. The van der Waals surface area contributed by atoms with Gasteiger partial charge < -0.3 is 14.8 Å². The van der Waals surface area contributed by atoms with Crippen LogP contribution in [0.2, 0.25) is 0 Å². The Morgan fingerprint density at radius 1 is 1.50 bits per heavy atom. The molecule has 0 bridgehead atoms. The van der Waals surface area contributed by atoms with E-state index >= 15 is 0 Å². The Labute approximate surface area is 101 Å². The molecule has 90 valence electrons. The van der Waals surface area contributed by atoms with Crippen LogP contribution in [0.25, 0.3) is 0 Å². The zero-order valence-electron chi connectivity index (χ0n) is 9.86. The summed E-state index contributed by atoms with van der Waals surface area (Å²) < 4.78 is 10.4. The first-order valence-electron chi connectivity index (χ1n) is 5.70. The van der Waals surface area contributed by atoms with Gasteiger partial charge in [0, 0.05) is 31.7 Å². The van der Waals surface area contributed by atoms with E-state index in [2.05, 4.69) is 16.8 Å². The third-order valence-corrected chi connectivity index (χ3v) is 4.11. The van der Waals surface area contributed by atoms with Gasteiger partial charge in [0.1, 0.15) is 0 Å². The van der Waals surface area contributed by atoms with E-state index < -0.39 is 0 Å². The average Bonchev–Trinajstić information content (AvgIpc) is 2.79. The highest BCUT2D eigenvalue weighted by Crippen LogP contribution is 2.33. The molecular weight excluding hydrogens is 222 g/mol. The van der Waals surface area contributed by atoms with Crippen molar-refractivity contribution in [1.82, 2.24) is 5.32 Å². The van der Waals surface area contributed by atoms with Gasteiger partial charge in [0.2, 0.25) is 0 Å². The summed E-state index contributed by atoms with van der Waals surface area (Å²) in [7, 11) is 3.35. The van der Waals surface area contributed by atoms with Crippen molar-refractivity contribution in [3.63, 3.8) is 0 Å². The third-order valence-electron chi connectivity index (χ3n) is 3.11. The first-order chi connectivity index (χ1) is 7.85. The maximum absolute atomic E-state index is 5.18. The molecule has 1 aromatic rings. The summed E-state index contributed by atoms with van der Waals surface area (Å²) >= 11 is 1.87. The summed E-state index contributed by atoms with van der Waals surface area (Å²) in [6.07, 6.45) is 3.58. The summed E-state index contributed by atoms with van der Waals surface area (Å²) in [5, 5.41) is 5.71. The number of thiophene rings is 1. The van der Waals surface area contributed by atoms with Crippen LogP contribution in [0.5, 0.6) is 0 Å². The van der Waals surface area contributed by atoms with Crippen molar-refractivity contribution < 1.29 is 9.47 Å². The van der Waals surface area contributed by atoms with E-state index in [9.17, 15) is 0 Å². The molecule has 1 N–H and O–H groups in total. The third kappa shape index (κ3) is 2.63. The molecule has 0 saturated carbocycles. The van der Waals surface area contributed by atoms with Crippen LogP contribution in [0, 0.1) is 0 Å². The van der Waals surface area contributed by atoms with Crippen molar-refractivity contribution in [1.29, 1.82) is 0 Å². The highest BCUT2D eigenvalue weighted by molar-refractivity contribution is 7.10. The zero-order chi connectivity index (χ0) is 11.4. The Kier molecular flexibility index (Phi) is 4.35. The Bertz CT molecular complexity index is 323. The summed E-state index contributed by atoms with van der Waals surface area (Å²) in [6.45, 7) is 0.743. The number of fused-ring (bicyclic) bond motifs is 1. The van der Waals surface area contributed by atoms with E-state index in [0.717, 1.165) is 6.54 Å². The molecule has 1 unspecified atom stereocenters. The van der Waals surface area contributed by atoms with Crippen molar-refractivity contribution in [2.75, 3.05) is 20.8 Å². The van der Waals surface area contributed by atoms with Gasteiger partial charge in [-0.1, -0.05) is 0 Å². The van der Waals surface area contributed by atoms with E-state index in [-0.39, 0.29) is 6.29 Å². The molecule has 3 nitrogen and oxygen atoms in total. The Morgan fingerprint density at radius 2 is 2.31 bits per heavy atom. The average molecular weight is 241 g/mol. The molecule has 1 aliphatic rings. The molecule has 1 heterocycles. The van der Waals surface area contributed by atoms with Gasteiger partial charge in [-0.25, -0.2) is 0 Å². The van der Waals surface area contributed by atoms with Gasteiger partial charge >= 0.3 is 0 Å². The number of nitrogens with one attached hydrogen (secondary N) is 1. The second kappa shape index (κ2) is 5.77. The second-order valence-corrected chi connectivity index (χ2v) is 5.05. The summed E-state index contributed by atoms with van der Waals surface area (Å²) in [5.41, 5.74) is 1.47. The number of aryl methyl sites for hydroxylation is 1. The molecule has 2 rings (SSSR count). The number of methoxy groups -OCH3 is 2. The van der Waals surface area contributed by atoms with Gasteiger partial charge in [-0.05, 0) is 36.3 Å². The maximum atomic E-state index is 5.18. The molecule has 1 aliphatic carbocycles. The van der Waals surface area contributed by atoms with E-state index in [0.29, 0.717) is 6.04 Å². The predicted molar refractivity (Wildman–Crippen MR) is 65.8 cm³/mol. The predicted octanol–water partition coefficient (Wildman–Crippen LogP) is 2.33. The monoisotopic (exact) mass is 241 g/mol. The number of hydrogen-bond acceptors (Lipinski definition) is 4. The molecule has 0 saturated heterocycles. The first-order valence-corrected chi connectivity index (χ1v) is 6.58. The van der Waals surface area contributed by atoms with Crippen molar-refractivity contribution in [3.8, 4) is 0 Å². The van der Waals surface area contributed by atoms with Crippen LogP contribution in [0.4, 0.5) is 0 Å². The van der Waals surface area contributed by atoms with Crippen molar-refractivity contribution in [2.24, 2.45) is 0 Å². The van der Waals surface area contributed by atoms with Gasteiger partial charge in [-0.15, -0.1) is 11.3 Å². The minimum Gasteiger partial charge on any atom is -0.355 e.